The molecule has 0 spiro atoms. The largest absolute Gasteiger partial charge is 0.304 e. The van der Waals surface area contributed by atoms with Crippen LogP contribution in [0.4, 0.5) is 0 Å². The fourth-order valence-electron chi connectivity index (χ4n) is 0.925. The lowest BCUT2D eigenvalue weighted by molar-refractivity contribution is 0.558. The predicted molar refractivity (Wildman–Crippen MR) is 69.2 cm³/mol. The summed E-state index contributed by atoms with van der Waals surface area (Å²) < 4.78 is 19.9. The number of hydrogen-bond donors (Lipinski definition) is 1. The molecule has 0 saturated carbocycles. The summed E-state index contributed by atoms with van der Waals surface area (Å²) in [6.07, 6.45) is 0.414. The summed E-state index contributed by atoms with van der Waals surface area (Å²) in [5.74, 6) is 0. The fraction of sp³-hybridized carbons (Fsp3) is 0.250. The van der Waals surface area contributed by atoms with Crippen LogP contribution in [0.2, 0.25) is 0 Å². The fourth-order valence-corrected chi connectivity index (χ4v) is 2.23. The molecule has 6 heteroatoms. The van der Waals surface area contributed by atoms with E-state index in [-0.39, 0.29) is 0 Å². The number of hydrogen-bond acceptors (Lipinski definition) is 1. The minimum atomic E-state index is -1.97. The molecular formula is C8H7Br3O2S. The van der Waals surface area contributed by atoms with E-state index in [2.05, 4.69) is 47.8 Å². The average molecular weight is 407 g/mol. The maximum Gasteiger partial charge on any atom is 0.184 e. The van der Waals surface area contributed by atoms with Crippen LogP contribution in [0.3, 0.4) is 0 Å². The van der Waals surface area contributed by atoms with Gasteiger partial charge >= 0.3 is 0 Å². The molecular weight excluding hydrogens is 400 g/mol. The normalized spacial score (nSPS) is 14.0. The molecule has 0 aliphatic heterocycles. The summed E-state index contributed by atoms with van der Waals surface area (Å²) in [7, 11) is 0. The Labute approximate surface area is 110 Å². The topological polar surface area (TPSA) is 37.3 Å². The van der Waals surface area contributed by atoms with E-state index < -0.39 is 13.6 Å². The standard InChI is InChI=1S/C8H7Br3O2S/c9-7-4-2-1-3-6(7)5-8(10,11)14(12)13/h1-4H,5H2,(H,12,13). The molecule has 1 unspecified atom stereocenters. The van der Waals surface area contributed by atoms with Gasteiger partial charge in [0.2, 0.25) is 0 Å². The summed E-state index contributed by atoms with van der Waals surface area (Å²) >= 11 is 7.73. The van der Waals surface area contributed by atoms with Crippen molar-refractivity contribution in [2.75, 3.05) is 0 Å². The summed E-state index contributed by atoms with van der Waals surface area (Å²) in [6, 6.07) is 7.57. The van der Waals surface area contributed by atoms with Crippen molar-refractivity contribution >= 4 is 58.9 Å². The third-order valence-corrected chi connectivity index (χ3v) is 5.26. The molecule has 1 rings (SSSR count). The molecule has 0 bridgehead atoms. The molecule has 0 aromatic heterocycles. The number of rotatable bonds is 3. The van der Waals surface area contributed by atoms with Crippen molar-refractivity contribution in [1.82, 2.24) is 0 Å². The van der Waals surface area contributed by atoms with Crippen molar-refractivity contribution in [2.24, 2.45) is 0 Å². The van der Waals surface area contributed by atoms with Gasteiger partial charge in [-0.15, -0.1) is 0 Å². The second kappa shape index (κ2) is 5.21. The molecule has 0 amide bonds. The van der Waals surface area contributed by atoms with E-state index in [4.69, 9.17) is 4.55 Å². The highest BCUT2D eigenvalue weighted by atomic mass is 79.9. The molecule has 1 N–H and O–H groups in total. The summed E-state index contributed by atoms with van der Waals surface area (Å²) in [5, 5.41) is 0. The van der Waals surface area contributed by atoms with Gasteiger partial charge in [0.1, 0.15) is 0 Å². The van der Waals surface area contributed by atoms with Crippen LogP contribution in [-0.2, 0) is 17.5 Å². The molecule has 1 aromatic rings. The van der Waals surface area contributed by atoms with E-state index in [0.29, 0.717) is 6.42 Å². The number of benzene rings is 1. The highest BCUT2D eigenvalue weighted by Crippen LogP contribution is 2.35. The first-order valence-corrected chi connectivity index (χ1v) is 7.14. The lowest BCUT2D eigenvalue weighted by Gasteiger charge is -2.16. The Kier molecular flexibility index (Phi) is 4.77. The Morgan fingerprint density at radius 1 is 1.36 bits per heavy atom. The van der Waals surface area contributed by atoms with Crippen LogP contribution < -0.4 is 0 Å². The van der Waals surface area contributed by atoms with Gasteiger partial charge in [-0.25, -0.2) is 4.21 Å². The Hall–Kier alpha value is 0.770. The van der Waals surface area contributed by atoms with Crippen LogP contribution in [0.5, 0.6) is 0 Å². The molecule has 78 valence electrons. The highest BCUT2D eigenvalue weighted by Gasteiger charge is 2.30. The second-order valence-corrected chi connectivity index (χ2v) is 9.53. The number of alkyl halides is 2. The third kappa shape index (κ3) is 3.41. The van der Waals surface area contributed by atoms with Gasteiger partial charge < -0.3 is 4.55 Å². The van der Waals surface area contributed by atoms with Gasteiger partial charge in [0.25, 0.3) is 0 Å². The molecule has 0 fully saturated rings. The van der Waals surface area contributed by atoms with Crippen LogP contribution in [0.15, 0.2) is 28.7 Å². The van der Waals surface area contributed by atoms with E-state index >= 15 is 0 Å². The van der Waals surface area contributed by atoms with Gasteiger partial charge in [-0.2, -0.15) is 0 Å². The molecule has 0 saturated heterocycles. The number of halogens is 3. The smallest absolute Gasteiger partial charge is 0.184 e. The van der Waals surface area contributed by atoms with Gasteiger partial charge in [0.05, 0.1) is 0 Å². The van der Waals surface area contributed by atoms with Crippen LogP contribution in [0, 0.1) is 0 Å². The predicted octanol–water partition coefficient (Wildman–Crippen LogP) is 3.66. The quantitative estimate of drug-likeness (QED) is 0.614. The summed E-state index contributed by atoms with van der Waals surface area (Å²) in [5.41, 5.74) is 0.962. The summed E-state index contributed by atoms with van der Waals surface area (Å²) in [4.78, 5) is 0. The molecule has 14 heavy (non-hydrogen) atoms. The van der Waals surface area contributed by atoms with E-state index in [0.717, 1.165) is 10.0 Å². The monoisotopic (exact) mass is 404 g/mol. The van der Waals surface area contributed by atoms with Crippen LogP contribution in [0.1, 0.15) is 5.56 Å². The van der Waals surface area contributed by atoms with Crippen molar-refractivity contribution in [3.63, 3.8) is 0 Å². The Balaban J connectivity index is 2.89. The third-order valence-electron chi connectivity index (χ3n) is 1.61. The average Bonchev–Trinajstić information content (AvgIpc) is 2.08. The van der Waals surface area contributed by atoms with E-state index in [1.54, 1.807) is 0 Å². The molecule has 0 heterocycles. The molecule has 1 aromatic carbocycles. The zero-order valence-electron chi connectivity index (χ0n) is 6.91. The molecule has 2 nitrogen and oxygen atoms in total. The summed E-state index contributed by atoms with van der Waals surface area (Å²) in [6.45, 7) is 0. The maximum absolute atomic E-state index is 10.9. The minimum Gasteiger partial charge on any atom is -0.304 e. The first-order chi connectivity index (χ1) is 6.43. The molecule has 0 radical (unpaired) electrons. The van der Waals surface area contributed by atoms with Crippen LogP contribution in [-0.4, -0.2) is 11.3 Å². The van der Waals surface area contributed by atoms with Crippen molar-refractivity contribution in [3.8, 4) is 0 Å². The Morgan fingerprint density at radius 3 is 2.43 bits per heavy atom. The molecule has 1 atom stereocenters. The second-order valence-electron chi connectivity index (χ2n) is 2.65. The Morgan fingerprint density at radius 2 is 1.93 bits per heavy atom. The first-order valence-electron chi connectivity index (χ1n) is 3.65. The van der Waals surface area contributed by atoms with Crippen molar-refractivity contribution in [3.05, 3.63) is 34.3 Å². The van der Waals surface area contributed by atoms with Crippen molar-refractivity contribution in [1.29, 1.82) is 0 Å². The van der Waals surface area contributed by atoms with Gasteiger partial charge in [0, 0.05) is 10.9 Å². The molecule has 0 aliphatic rings. The highest BCUT2D eigenvalue weighted by molar-refractivity contribution is 9.27. The van der Waals surface area contributed by atoms with Gasteiger partial charge in [-0.05, 0) is 11.6 Å². The SMILES string of the molecule is O=S(O)C(Br)(Br)Cc1ccccc1Br. The molecule has 0 aliphatic carbocycles. The van der Waals surface area contributed by atoms with Crippen LogP contribution >= 0.6 is 47.8 Å². The van der Waals surface area contributed by atoms with Crippen molar-refractivity contribution < 1.29 is 8.76 Å². The first kappa shape index (κ1) is 12.8. The minimum absolute atomic E-state index is 0.414. The van der Waals surface area contributed by atoms with E-state index in [9.17, 15) is 4.21 Å². The van der Waals surface area contributed by atoms with E-state index in [1.807, 2.05) is 24.3 Å². The lowest BCUT2D eigenvalue weighted by atomic mass is 10.2. The van der Waals surface area contributed by atoms with Crippen LogP contribution in [0.25, 0.3) is 0 Å². The Bertz CT molecular complexity index is 354. The maximum atomic E-state index is 10.9. The van der Waals surface area contributed by atoms with Crippen molar-refractivity contribution in [2.45, 2.75) is 8.99 Å². The lowest BCUT2D eigenvalue weighted by Crippen LogP contribution is -2.21. The van der Waals surface area contributed by atoms with Gasteiger partial charge in [-0.1, -0.05) is 66.0 Å². The van der Waals surface area contributed by atoms with E-state index in [1.165, 1.54) is 0 Å². The van der Waals surface area contributed by atoms with Gasteiger partial charge in [-0.3, -0.25) is 0 Å². The zero-order valence-corrected chi connectivity index (χ0v) is 12.5. The zero-order chi connectivity index (χ0) is 10.8. The van der Waals surface area contributed by atoms with Gasteiger partial charge in [0.15, 0.2) is 13.6 Å².